The Balaban J connectivity index is 1.44. The summed E-state index contributed by atoms with van der Waals surface area (Å²) in [5, 5.41) is 8.66. The molecule has 0 saturated heterocycles. The van der Waals surface area contributed by atoms with E-state index in [0.717, 1.165) is 47.4 Å². The topological polar surface area (TPSA) is 72.4 Å². The Morgan fingerprint density at radius 2 is 2.00 bits per heavy atom. The first-order valence-electron chi connectivity index (χ1n) is 10.2. The normalized spacial score (nSPS) is 13.9. The Morgan fingerprint density at radius 3 is 2.70 bits per heavy atom. The number of thioether (sulfide) groups is 1. The molecule has 1 aliphatic carbocycles. The SMILES string of the molecule is Cc1cc(C)cc(-c2nnc(SCC(=O)N(Cc3ccco3)C3=CCCCC3)o2)c1. The summed E-state index contributed by atoms with van der Waals surface area (Å²) in [6.45, 7) is 4.51. The molecule has 0 aliphatic heterocycles. The molecule has 7 heteroatoms. The summed E-state index contributed by atoms with van der Waals surface area (Å²) in [6, 6.07) is 9.86. The molecule has 30 heavy (non-hydrogen) atoms. The van der Waals surface area contributed by atoms with Crippen molar-refractivity contribution in [2.75, 3.05) is 5.75 Å². The predicted molar refractivity (Wildman–Crippen MR) is 116 cm³/mol. The highest BCUT2D eigenvalue weighted by Crippen LogP contribution is 2.27. The molecule has 156 valence electrons. The quantitative estimate of drug-likeness (QED) is 0.466. The standard InChI is InChI=1S/C23H25N3O3S/c1-16-11-17(2)13-18(12-16)22-24-25-23(29-22)30-15-21(27)26(14-20-9-6-10-28-20)19-7-4-3-5-8-19/h6-7,9-13H,3-5,8,14-15H2,1-2H3. The highest BCUT2D eigenvalue weighted by molar-refractivity contribution is 7.99. The van der Waals surface area contributed by atoms with Gasteiger partial charge in [0.1, 0.15) is 5.76 Å². The minimum atomic E-state index is 0.00991. The van der Waals surface area contributed by atoms with Crippen LogP contribution in [0.15, 0.2) is 62.4 Å². The van der Waals surface area contributed by atoms with Gasteiger partial charge in [0, 0.05) is 11.3 Å². The Bertz CT molecular complexity index is 1020. The van der Waals surface area contributed by atoms with E-state index < -0.39 is 0 Å². The van der Waals surface area contributed by atoms with Gasteiger partial charge in [0.05, 0.1) is 18.6 Å². The number of carbonyl (C=O) groups excluding carboxylic acids is 1. The second kappa shape index (κ2) is 9.34. The number of hydrogen-bond donors (Lipinski definition) is 0. The minimum absolute atomic E-state index is 0.00991. The van der Waals surface area contributed by atoms with E-state index >= 15 is 0 Å². The van der Waals surface area contributed by atoms with Crippen LogP contribution in [-0.4, -0.2) is 26.8 Å². The Morgan fingerprint density at radius 1 is 1.17 bits per heavy atom. The summed E-state index contributed by atoms with van der Waals surface area (Å²) < 4.78 is 11.3. The molecule has 0 atom stereocenters. The van der Waals surface area contributed by atoms with E-state index in [1.807, 2.05) is 43.0 Å². The molecule has 1 aliphatic rings. The summed E-state index contributed by atoms with van der Waals surface area (Å²) in [5.41, 5.74) is 4.25. The van der Waals surface area contributed by atoms with Crippen molar-refractivity contribution in [2.24, 2.45) is 0 Å². The Hall–Kier alpha value is -2.80. The summed E-state index contributed by atoms with van der Waals surface area (Å²) in [5.74, 6) is 1.48. The van der Waals surface area contributed by atoms with Gasteiger partial charge in [0.25, 0.3) is 5.22 Å². The van der Waals surface area contributed by atoms with Crippen molar-refractivity contribution in [3.05, 3.63) is 65.3 Å². The van der Waals surface area contributed by atoms with Gasteiger partial charge in [-0.15, -0.1) is 10.2 Å². The molecule has 2 heterocycles. The zero-order valence-electron chi connectivity index (χ0n) is 17.3. The summed E-state index contributed by atoms with van der Waals surface area (Å²) >= 11 is 1.27. The van der Waals surface area contributed by atoms with Crippen LogP contribution in [0.2, 0.25) is 0 Å². The number of amides is 1. The van der Waals surface area contributed by atoms with Gasteiger partial charge in [-0.05, 0) is 63.8 Å². The van der Waals surface area contributed by atoms with Crippen molar-refractivity contribution in [3.8, 4) is 11.5 Å². The van der Waals surface area contributed by atoms with Crippen molar-refractivity contribution in [1.82, 2.24) is 15.1 Å². The lowest BCUT2D eigenvalue weighted by Gasteiger charge is -2.26. The third kappa shape index (κ3) is 5.02. The smallest absolute Gasteiger partial charge is 0.277 e. The van der Waals surface area contributed by atoms with Gasteiger partial charge in [0.15, 0.2) is 0 Å². The lowest BCUT2D eigenvalue weighted by molar-refractivity contribution is -0.127. The molecule has 4 rings (SSSR count). The van der Waals surface area contributed by atoms with E-state index in [0.29, 0.717) is 17.7 Å². The van der Waals surface area contributed by atoms with Crippen LogP contribution in [0.1, 0.15) is 42.6 Å². The van der Waals surface area contributed by atoms with Crippen molar-refractivity contribution in [2.45, 2.75) is 51.3 Å². The lowest BCUT2D eigenvalue weighted by atomic mass is 10.0. The van der Waals surface area contributed by atoms with Crippen LogP contribution in [0.3, 0.4) is 0 Å². The van der Waals surface area contributed by atoms with Crippen molar-refractivity contribution < 1.29 is 13.6 Å². The number of aryl methyl sites for hydroxylation is 2. The first-order chi connectivity index (χ1) is 14.6. The van der Waals surface area contributed by atoms with Crippen molar-refractivity contribution in [3.63, 3.8) is 0 Å². The average molecular weight is 424 g/mol. The molecule has 6 nitrogen and oxygen atoms in total. The number of furan rings is 1. The van der Waals surface area contributed by atoms with Gasteiger partial charge in [-0.1, -0.05) is 35.0 Å². The highest BCUT2D eigenvalue weighted by atomic mass is 32.2. The molecule has 0 unspecified atom stereocenters. The zero-order valence-corrected chi connectivity index (χ0v) is 18.1. The fraction of sp³-hybridized carbons (Fsp3) is 0.348. The Kier molecular flexibility index (Phi) is 6.38. The third-order valence-corrected chi connectivity index (χ3v) is 5.81. The molecule has 0 N–H and O–H groups in total. The van der Waals surface area contributed by atoms with Crippen LogP contribution < -0.4 is 0 Å². The predicted octanol–water partition coefficient (Wildman–Crippen LogP) is 5.53. The van der Waals surface area contributed by atoms with Gasteiger partial charge >= 0.3 is 0 Å². The van der Waals surface area contributed by atoms with Crippen molar-refractivity contribution >= 4 is 17.7 Å². The fourth-order valence-electron chi connectivity index (χ4n) is 3.66. The molecule has 2 aromatic heterocycles. The van der Waals surface area contributed by atoms with Crippen LogP contribution >= 0.6 is 11.8 Å². The van der Waals surface area contributed by atoms with Gasteiger partial charge in [-0.3, -0.25) is 4.79 Å². The first kappa shape index (κ1) is 20.5. The van der Waals surface area contributed by atoms with Crippen LogP contribution in [0.5, 0.6) is 0 Å². The number of carbonyl (C=O) groups is 1. The molecule has 1 amide bonds. The summed E-state index contributed by atoms with van der Waals surface area (Å²) in [7, 11) is 0. The molecule has 0 bridgehead atoms. The number of aromatic nitrogens is 2. The van der Waals surface area contributed by atoms with E-state index in [9.17, 15) is 4.79 Å². The van der Waals surface area contributed by atoms with E-state index in [-0.39, 0.29) is 11.7 Å². The monoisotopic (exact) mass is 423 g/mol. The molecular weight excluding hydrogens is 398 g/mol. The van der Waals surface area contributed by atoms with Gasteiger partial charge < -0.3 is 13.7 Å². The van der Waals surface area contributed by atoms with Crippen molar-refractivity contribution in [1.29, 1.82) is 0 Å². The second-order valence-electron chi connectivity index (χ2n) is 7.54. The van der Waals surface area contributed by atoms with E-state index in [4.69, 9.17) is 8.83 Å². The maximum atomic E-state index is 13.0. The summed E-state index contributed by atoms with van der Waals surface area (Å²) in [4.78, 5) is 14.9. The number of rotatable bonds is 7. The molecule has 0 saturated carbocycles. The maximum Gasteiger partial charge on any atom is 0.277 e. The van der Waals surface area contributed by atoms with Gasteiger partial charge in [-0.25, -0.2) is 0 Å². The average Bonchev–Trinajstić information content (AvgIpc) is 3.42. The first-order valence-corrected chi connectivity index (χ1v) is 11.1. The second-order valence-corrected chi connectivity index (χ2v) is 8.47. The number of nitrogens with zero attached hydrogens (tertiary/aromatic N) is 3. The number of benzene rings is 1. The summed E-state index contributed by atoms with van der Waals surface area (Å²) in [6.07, 6.45) is 7.99. The number of hydrogen-bond acceptors (Lipinski definition) is 6. The minimum Gasteiger partial charge on any atom is -0.467 e. The third-order valence-electron chi connectivity index (χ3n) is 5.00. The van der Waals surface area contributed by atoms with Crippen LogP contribution in [-0.2, 0) is 11.3 Å². The van der Waals surface area contributed by atoms with Crippen LogP contribution in [0.25, 0.3) is 11.5 Å². The maximum absolute atomic E-state index is 13.0. The highest BCUT2D eigenvalue weighted by Gasteiger charge is 2.22. The van der Waals surface area contributed by atoms with Gasteiger partial charge in [-0.2, -0.15) is 0 Å². The molecule has 1 aromatic carbocycles. The molecule has 0 spiro atoms. The number of allylic oxidation sites excluding steroid dienone is 2. The Labute approximate surface area is 180 Å². The lowest BCUT2D eigenvalue weighted by Crippen LogP contribution is -2.32. The van der Waals surface area contributed by atoms with Crippen LogP contribution in [0, 0.1) is 13.8 Å². The fourth-order valence-corrected chi connectivity index (χ4v) is 4.30. The largest absolute Gasteiger partial charge is 0.467 e. The van der Waals surface area contributed by atoms with Gasteiger partial charge in [0.2, 0.25) is 11.8 Å². The molecule has 0 fully saturated rings. The molecule has 3 aromatic rings. The van der Waals surface area contributed by atoms with E-state index in [1.54, 1.807) is 6.26 Å². The molecule has 0 radical (unpaired) electrons. The van der Waals surface area contributed by atoms with E-state index in [2.05, 4.69) is 22.3 Å². The van der Waals surface area contributed by atoms with Crippen LogP contribution in [0.4, 0.5) is 0 Å². The molecular formula is C23H25N3O3S. The van der Waals surface area contributed by atoms with E-state index in [1.165, 1.54) is 18.2 Å². The zero-order chi connectivity index (χ0) is 20.9.